The Kier molecular flexibility index (Phi) is 3.50. The van der Waals surface area contributed by atoms with Crippen LogP contribution in [0, 0.1) is 0 Å². The number of hydrogen-bond acceptors (Lipinski definition) is 3. The molecule has 0 spiro atoms. The van der Waals surface area contributed by atoms with Crippen LogP contribution < -0.4 is 10.1 Å². The van der Waals surface area contributed by atoms with Crippen LogP contribution in [0.4, 0.5) is 0 Å². The summed E-state index contributed by atoms with van der Waals surface area (Å²) in [4.78, 5) is 11.9. The van der Waals surface area contributed by atoms with E-state index in [0.29, 0.717) is 24.2 Å². The first-order valence-corrected chi connectivity index (χ1v) is 7.80. The first-order valence-electron chi connectivity index (χ1n) is 7.80. The summed E-state index contributed by atoms with van der Waals surface area (Å²) in [6, 6.07) is 17.8. The molecule has 0 aliphatic heterocycles. The van der Waals surface area contributed by atoms with Crippen LogP contribution in [0.1, 0.15) is 29.2 Å². The quantitative estimate of drug-likeness (QED) is 0.777. The van der Waals surface area contributed by atoms with Crippen LogP contribution in [0.3, 0.4) is 0 Å². The van der Waals surface area contributed by atoms with Gasteiger partial charge in [-0.1, -0.05) is 36.4 Å². The van der Waals surface area contributed by atoms with E-state index < -0.39 is 0 Å². The van der Waals surface area contributed by atoms with Gasteiger partial charge in [-0.2, -0.15) is 0 Å². The molecule has 0 bridgehead atoms. The molecule has 1 aliphatic rings. The van der Waals surface area contributed by atoms with Crippen molar-refractivity contribution in [3.63, 3.8) is 0 Å². The van der Waals surface area contributed by atoms with Crippen LogP contribution in [0.5, 0.6) is 5.75 Å². The van der Waals surface area contributed by atoms with E-state index in [1.165, 1.54) is 0 Å². The Balaban J connectivity index is 1.46. The van der Waals surface area contributed by atoms with Gasteiger partial charge in [-0.25, -0.2) is 0 Å². The predicted molar refractivity (Wildman–Crippen MR) is 87.5 cm³/mol. The summed E-state index contributed by atoms with van der Waals surface area (Å²) < 4.78 is 11.4. The Morgan fingerprint density at radius 2 is 1.91 bits per heavy atom. The number of benzene rings is 2. The van der Waals surface area contributed by atoms with Crippen molar-refractivity contribution in [1.82, 2.24) is 5.32 Å². The van der Waals surface area contributed by atoms with Gasteiger partial charge in [-0.05, 0) is 36.4 Å². The van der Waals surface area contributed by atoms with Crippen molar-refractivity contribution in [3.05, 3.63) is 66.1 Å². The number of fused-ring (bicyclic) bond motifs is 1. The van der Waals surface area contributed by atoms with Gasteiger partial charge < -0.3 is 14.5 Å². The lowest BCUT2D eigenvalue weighted by Gasteiger charge is -2.08. The summed E-state index contributed by atoms with van der Waals surface area (Å²) in [6.45, 7) is 0.296. The molecular weight excluding hydrogens is 290 g/mol. The fourth-order valence-electron chi connectivity index (χ4n) is 2.53. The fourth-order valence-corrected chi connectivity index (χ4v) is 2.53. The molecule has 4 heteroatoms. The second kappa shape index (κ2) is 5.80. The maximum Gasteiger partial charge on any atom is 0.287 e. The van der Waals surface area contributed by atoms with Gasteiger partial charge in [0, 0.05) is 11.4 Å². The molecular formula is C19H17NO3. The predicted octanol–water partition coefficient (Wildman–Crippen LogP) is 3.90. The molecule has 3 aromatic rings. The molecule has 116 valence electrons. The number of carbonyl (C=O) groups is 1. The number of rotatable bonds is 5. The average molecular weight is 307 g/mol. The molecule has 1 aromatic heterocycles. The molecule has 0 saturated heterocycles. The summed E-state index contributed by atoms with van der Waals surface area (Å²) in [5.74, 6) is 1.64. The lowest BCUT2D eigenvalue weighted by atomic mass is 10.1. The summed E-state index contributed by atoms with van der Waals surface area (Å²) in [7, 11) is 0. The van der Waals surface area contributed by atoms with Gasteiger partial charge in [0.1, 0.15) is 18.1 Å². The smallest absolute Gasteiger partial charge is 0.287 e. The number of amides is 1. The summed E-state index contributed by atoms with van der Waals surface area (Å²) in [5, 5.41) is 5.10. The third-order valence-corrected chi connectivity index (χ3v) is 3.92. The molecule has 0 atom stereocenters. The fraction of sp³-hybridized carbons (Fsp3) is 0.211. The van der Waals surface area contributed by atoms with Crippen molar-refractivity contribution in [2.45, 2.75) is 25.5 Å². The van der Waals surface area contributed by atoms with Gasteiger partial charge in [0.2, 0.25) is 0 Å². The van der Waals surface area contributed by atoms with Gasteiger partial charge in [0.05, 0.1) is 0 Å². The Morgan fingerprint density at radius 1 is 1.09 bits per heavy atom. The van der Waals surface area contributed by atoms with E-state index in [0.717, 1.165) is 29.4 Å². The molecule has 1 saturated carbocycles. The monoisotopic (exact) mass is 307 g/mol. The number of nitrogens with one attached hydrogen (secondary N) is 1. The minimum atomic E-state index is -0.149. The number of carbonyl (C=O) groups excluding carboxylic acids is 1. The zero-order chi connectivity index (χ0) is 15.6. The summed E-state index contributed by atoms with van der Waals surface area (Å²) in [6.07, 6.45) is 2.12. The third-order valence-electron chi connectivity index (χ3n) is 3.92. The molecule has 0 unspecified atom stereocenters. The van der Waals surface area contributed by atoms with E-state index in [4.69, 9.17) is 9.15 Å². The Morgan fingerprint density at radius 3 is 2.78 bits per heavy atom. The highest BCUT2D eigenvalue weighted by Gasteiger charge is 2.25. The van der Waals surface area contributed by atoms with Crippen molar-refractivity contribution in [1.29, 1.82) is 0 Å². The van der Waals surface area contributed by atoms with E-state index in [1.54, 1.807) is 12.1 Å². The topological polar surface area (TPSA) is 51.5 Å². The van der Waals surface area contributed by atoms with Crippen LogP contribution >= 0.6 is 0 Å². The number of ether oxygens (including phenoxy) is 1. The molecule has 2 aromatic carbocycles. The van der Waals surface area contributed by atoms with Crippen molar-refractivity contribution in [2.75, 3.05) is 0 Å². The normalized spacial score (nSPS) is 13.9. The highest BCUT2D eigenvalue weighted by atomic mass is 16.5. The standard InChI is InChI=1S/C19H17NO3/c21-19(20-14-8-9-14)18-11-10-15(23-18)12-22-17-7-3-5-13-4-1-2-6-16(13)17/h1-7,10-11,14H,8-9,12H2,(H,20,21). The first-order chi connectivity index (χ1) is 11.3. The molecule has 23 heavy (non-hydrogen) atoms. The maximum atomic E-state index is 11.9. The number of furan rings is 1. The van der Waals surface area contributed by atoms with Gasteiger partial charge in [0.15, 0.2) is 5.76 Å². The zero-order valence-corrected chi connectivity index (χ0v) is 12.6. The van der Waals surface area contributed by atoms with E-state index in [1.807, 2.05) is 30.3 Å². The third kappa shape index (κ3) is 3.06. The molecule has 1 N–H and O–H groups in total. The van der Waals surface area contributed by atoms with E-state index in [-0.39, 0.29) is 5.91 Å². The first kappa shape index (κ1) is 13.9. The van der Waals surface area contributed by atoms with Crippen molar-refractivity contribution < 1.29 is 13.9 Å². The average Bonchev–Trinajstić information content (AvgIpc) is 3.26. The Hall–Kier alpha value is -2.75. The minimum absolute atomic E-state index is 0.149. The molecule has 4 nitrogen and oxygen atoms in total. The minimum Gasteiger partial charge on any atom is -0.485 e. The number of hydrogen-bond donors (Lipinski definition) is 1. The van der Waals surface area contributed by atoms with Gasteiger partial charge in [0.25, 0.3) is 5.91 Å². The van der Waals surface area contributed by atoms with E-state index in [9.17, 15) is 4.79 Å². The lowest BCUT2D eigenvalue weighted by Crippen LogP contribution is -2.24. The second-order valence-corrected chi connectivity index (χ2v) is 5.78. The lowest BCUT2D eigenvalue weighted by molar-refractivity contribution is 0.0919. The van der Waals surface area contributed by atoms with Crippen LogP contribution in [0.15, 0.2) is 59.0 Å². The van der Waals surface area contributed by atoms with E-state index in [2.05, 4.69) is 17.4 Å². The molecule has 1 aliphatic carbocycles. The highest BCUT2D eigenvalue weighted by molar-refractivity contribution is 5.92. The molecule has 1 heterocycles. The second-order valence-electron chi connectivity index (χ2n) is 5.78. The van der Waals surface area contributed by atoms with E-state index >= 15 is 0 Å². The van der Waals surface area contributed by atoms with Gasteiger partial charge >= 0.3 is 0 Å². The van der Waals surface area contributed by atoms with Crippen LogP contribution in [-0.2, 0) is 6.61 Å². The molecule has 0 radical (unpaired) electrons. The summed E-state index contributed by atoms with van der Waals surface area (Å²) >= 11 is 0. The van der Waals surface area contributed by atoms with Crippen LogP contribution in [0.2, 0.25) is 0 Å². The van der Waals surface area contributed by atoms with Crippen molar-refractivity contribution in [2.24, 2.45) is 0 Å². The SMILES string of the molecule is O=C(NC1CC1)c1ccc(COc2cccc3ccccc23)o1. The molecule has 4 rings (SSSR count). The van der Waals surface area contributed by atoms with Crippen molar-refractivity contribution >= 4 is 16.7 Å². The molecule has 1 fully saturated rings. The molecule has 1 amide bonds. The maximum absolute atomic E-state index is 11.9. The highest BCUT2D eigenvalue weighted by Crippen LogP contribution is 2.26. The van der Waals surface area contributed by atoms with Crippen molar-refractivity contribution in [3.8, 4) is 5.75 Å². The Labute approximate surface area is 134 Å². The summed E-state index contributed by atoms with van der Waals surface area (Å²) in [5.41, 5.74) is 0. The van der Waals surface area contributed by atoms with Crippen LogP contribution in [-0.4, -0.2) is 11.9 Å². The largest absolute Gasteiger partial charge is 0.485 e. The van der Waals surface area contributed by atoms with Gasteiger partial charge in [-0.3, -0.25) is 4.79 Å². The Bertz CT molecular complexity index is 843. The zero-order valence-electron chi connectivity index (χ0n) is 12.6. The van der Waals surface area contributed by atoms with Gasteiger partial charge in [-0.15, -0.1) is 0 Å². The van der Waals surface area contributed by atoms with Crippen LogP contribution in [0.25, 0.3) is 10.8 Å².